The van der Waals surface area contributed by atoms with Crippen LogP contribution in [0.5, 0.6) is 0 Å². The van der Waals surface area contributed by atoms with Gasteiger partial charge in [0.1, 0.15) is 0 Å². The Morgan fingerprint density at radius 3 is 2.52 bits per heavy atom. The van der Waals surface area contributed by atoms with E-state index in [1.165, 1.54) is 0 Å². The van der Waals surface area contributed by atoms with Crippen molar-refractivity contribution in [1.82, 2.24) is 15.1 Å². The fourth-order valence-corrected chi connectivity index (χ4v) is 3.30. The standard InChI is InChI=1S/C18H24N4O3/c1-19-16(23)13-20-8-10-21(11-9-20)18(25)14-4-2-5-15(12-14)22-7-3-6-17(22)24/h2,4-5,12H,3,6-11,13H2,1H3,(H,19,23). The molecule has 2 fully saturated rings. The average Bonchev–Trinajstić information content (AvgIpc) is 3.08. The lowest BCUT2D eigenvalue weighted by atomic mass is 10.1. The van der Waals surface area contributed by atoms with E-state index in [-0.39, 0.29) is 17.7 Å². The highest BCUT2D eigenvalue weighted by Crippen LogP contribution is 2.23. The number of rotatable bonds is 4. The van der Waals surface area contributed by atoms with Gasteiger partial charge in [-0.3, -0.25) is 19.3 Å². The van der Waals surface area contributed by atoms with E-state index in [2.05, 4.69) is 5.32 Å². The van der Waals surface area contributed by atoms with Gasteiger partial charge < -0.3 is 15.1 Å². The lowest BCUT2D eigenvalue weighted by Crippen LogP contribution is -2.50. The Morgan fingerprint density at radius 2 is 1.88 bits per heavy atom. The molecule has 2 heterocycles. The van der Waals surface area contributed by atoms with E-state index >= 15 is 0 Å². The third-order valence-electron chi connectivity index (χ3n) is 4.78. The van der Waals surface area contributed by atoms with Crippen LogP contribution in [0.3, 0.4) is 0 Å². The predicted molar refractivity (Wildman–Crippen MR) is 94.4 cm³/mol. The summed E-state index contributed by atoms with van der Waals surface area (Å²) < 4.78 is 0. The highest BCUT2D eigenvalue weighted by molar-refractivity contribution is 5.99. The van der Waals surface area contributed by atoms with Gasteiger partial charge in [-0.05, 0) is 24.6 Å². The normalized spacial score (nSPS) is 18.5. The zero-order valence-corrected chi connectivity index (χ0v) is 14.5. The number of nitrogens with zero attached hydrogens (tertiary/aromatic N) is 3. The zero-order valence-electron chi connectivity index (χ0n) is 14.5. The number of hydrogen-bond acceptors (Lipinski definition) is 4. The van der Waals surface area contributed by atoms with E-state index in [1.54, 1.807) is 18.0 Å². The molecule has 3 amide bonds. The fourth-order valence-electron chi connectivity index (χ4n) is 3.30. The van der Waals surface area contributed by atoms with Crippen molar-refractivity contribution in [3.63, 3.8) is 0 Å². The van der Waals surface area contributed by atoms with Crippen LogP contribution in [0.25, 0.3) is 0 Å². The first-order valence-corrected chi connectivity index (χ1v) is 8.71. The maximum absolute atomic E-state index is 12.8. The number of anilines is 1. The summed E-state index contributed by atoms with van der Waals surface area (Å²) in [4.78, 5) is 41.7. The van der Waals surface area contributed by atoms with Gasteiger partial charge in [0.2, 0.25) is 11.8 Å². The van der Waals surface area contributed by atoms with E-state index in [1.807, 2.05) is 28.0 Å². The van der Waals surface area contributed by atoms with E-state index in [0.717, 1.165) is 12.1 Å². The zero-order chi connectivity index (χ0) is 17.8. The van der Waals surface area contributed by atoms with Crippen molar-refractivity contribution in [1.29, 1.82) is 0 Å². The molecule has 7 heteroatoms. The van der Waals surface area contributed by atoms with E-state index in [9.17, 15) is 14.4 Å². The fraction of sp³-hybridized carbons (Fsp3) is 0.500. The molecule has 0 unspecified atom stereocenters. The van der Waals surface area contributed by atoms with Crippen molar-refractivity contribution >= 4 is 23.4 Å². The lowest BCUT2D eigenvalue weighted by Gasteiger charge is -2.34. The molecule has 134 valence electrons. The second kappa shape index (κ2) is 7.65. The molecule has 0 radical (unpaired) electrons. The molecule has 1 N–H and O–H groups in total. The third kappa shape index (κ3) is 3.99. The molecule has 3 rings (SSSR count). The van der Waals surface area contributed by atoms with Crippen LogP contribution in [0.15, 0.2) is 24.3 Å². The average molecular weight is 344 g/mol. The minimum absolute atomic E-state index is 0.0113. The Bertz CT molecular complexity index is 668. The van der Waals surface area contributed by atoms with Gasteiger partial charge >= 0.3 is 0 Å². The monoisotopic (exact) mass is 344 g/mol. The number of carbonyl (C=O) groups is 3. The second-order valence-corrected chi connectivity index (χ2v) is 6.44. The summed E-state index contributed by atoms with van der Waals surface area (Å²) >= 11 is 0. The van der Waals surface area contributed by atoms with Gasteiger partial charge in [0, 0.05) is 57.4 Å². The lowest BCUT2D eigenvalue weighted by molar-refractivity contribution is -0.122. The van der Waals surface area contributed by atoms with Gasteiger partial charge in [0.25, 0.3) is 5.91 Å². The summed E-state index contributed by atoms with van der Waals surface area (Å²) in [6.07, 6.45) is 1.44. The van der Waals surface area contributed by atoms with Gasteiger partial charge in [-0.15, -0.1) is 0 Å². The smallest absolute Gasteiger partial charge is 0.254 e. The minimum atomic E-state index is -0.0203. The van der Waals surface area contributed by atoms with Crippen molar-refractivity contribution in [3.8, 4) is 0 Å². The Labute approximate surface area is 147 Å². The topological polar surface area (TPSA) is 73.0 Å². The minimum Gasteiger partial charge on any atom is -0.358 e. The quantitative estimate of drug-likeness (QED) is 0.854. The number of hydrogen-bond donors (Lipinski definition) is 1. The summed E-state index contributed by atoms with van der Waals surface area (Å²) in [6.45, 7) is 3.65. The first-order chi connectivity index (χ1) is 12.1. The van der Waals surface area contributed by atoms with Crippen molar-refractivity contribution in [3.05, 3.63) is 29.8 Å². The van der Waals surface area contributed by atoms with Crippen molar-refractivity contribution in [2.45, 2.75) is 12.8 Å². The summed E-state index contributed by atoms with van der Waals surface area (Å²) in [6, 6.07) is 7.31. The molecule has 0 atom stereocenters. The Morgan fingerprint density at radius 1 is 1.12 bits per heavy atom. The van der Waals surface area contributed by atoms with Crippen molar-refractivity contribution in [2.75, 3.05) is 51.2 Å². The largest absolute Gasteiger partial charge is 0.358 e. The molecule has 2 aliphatic rings. The van der Waals surface area contributed by atoms with Gasteiger partial charge in [0.05, 0.1) is 6.54 Å². The SMILES string of the molecule is CNC(=O)CN1CCN(C(=O)c2cccc(N3CCCC3=O)c2)CC1. The van der Waals surface area contributed by atoms with Crippen LogP contribution >= 0.6 is 0 Å². The van der Waals surface area contributed by atoms with Crippen LogP contribution in [0.2, 0.25) is 0 Å². The molecule has 0 aromatic heterocycles. The molecule has 7 nitrogen and oxygen atoms in total. The third-order valence-corrected chi connectivity index (χ3v) is 4.78. The highest BCUT2D eigenvalue weighted by atomic mass is 16.2. The number of carbonyl (C=O) groups excluding carboxylic acids is 3. The maximum Gasteiger partial charge on any atom is 0.254 e. The Balaban J connectivity index is 1.62. The van der Waals surface area contributed by atoms with E-state index < -0.39 is 0 Å². The summed E-state index contributed by atoms with van der Waals surface area (Å²) in [5, 5.41) is 2.62. The number of likely N-dealkylation sites (N-methyl/N-ethyl adjacent to an activating group) is 1. The van der Waals surface area contributed by atoms with Crippen LogP contribution in [0, 0.1) is 0 Å². The van der Waals surface area contributed by atoms with E-state index in [0.29, 0.717) is 51.3 Å². The molecular formula is C18H24N4O3. The van der Waals surface area contributed by atoms with Crippen LogP contribution in [-0.4, -0.2) is 73.8 Å². The maximum atomic E-state index is 12.8. The number of nitrogens with one attached hydrogen (secondary N) is 1. The van der Waals surface area contributed by atoms with Crippen molar-refractivity contribution in [2.24, 2.45) is 0 Å². The first kappa shape index (κ1) is 17.4. The Kier molecular flexibility index (Phi) is 5.33. The molecule has 0 bridgehead atoms. The molecule has 0 spiro atoms. The number of amides is 3. The molecular weight excluding hydrogens is 320 g/mol. The summed E-state index contributed by atoms with van der Waals surface area (Å²) in [7, 11) is 1.63. The van der Waals surface area contributed by atoms with Gasteiger partial charge in [0.15, 0.2) is 0 Å². The molecule has 2 aliphatic heterocycles. The molecule has 0 aliphatic carbocycles. The molecule has 1 aromatic carbocycles. The molecule has 1 aromatic rings. The molecule has 2 saturated heterocycles. The second-order valence-electron chi connectivity index (χ2n) is 6.44. The first-order valence-electron chi connectivity index (χ1n) is 8.71. The van der Waals surface area contributed by atoms with Gasteiger partial charge in [-0.25, -0.2) is 0 Å². The van der Waals surface area contributed by atoms with Crippen LogP contribution < -0.4 is 10.2 Å². The van der Waals surface area contributed by atoms with E-state index in [4.69, 9.17) is 0 Å². The van der Waals surface area contributed by atoms with Gasteiger partial charge in [-0.2, -0.15) is 0 Å². The number of piperazine rings is 1. The van der Waals surface area contributed by atoms with Crippen LogP contribution in [0.1, 0.15) is 23.2 Å². The summed E-state index contributed by atoms with van der Waals surface area (Å²) in [5.41, 5.74) is 1.41. The molecule has 0 saturated carbocycles. The highest BCUT2D eigenvalue weighted by Gasteiger charge is 2.25. The van der Waals surface area contributed by atoms with Crippen molar-refractivity contribution < 1.29 is 14.4 Å². The van der Waals surface area contributed by atoms with Crippen LogP contribution in [0.4, 0.5) is 5.69 Å². The molecule has 25 heavy (non-hydrogen) atoms. The number of benzene rings is 1. The Hall–Kier alpha value is -2.41. The summed E-state index contributed by atoms with van der Waals surface area (Å²) in [5.74, 6) is 0.0864. The van der Waals surface area contributed by atoms with Gasteiger partial charge in [-0.1, -0.05) is 6.07 Å². The van der Waals surface area contributed by atoms with Crippen LogP contribution in [-0.2, 0) is 9.59 Å². The predicted octanol–water partition coefficient (Wildman–Crippen LogP) is 0.317.